The lowest BCUT2D eigenvalue weighted by molar-refractivity contribution is -0.171. The molecule has 1 aliphatic rings. The van der Waals surface area contributed by atoms with E-state index in [1.807, 2.05) is 0 Å². The van der Waals surface area contributed by atoms with Crippen LogP contribution in [0.1, 0.15) is 52.7 Å². The van der Waals surface area contributed by atoms with E-state index < -0.39 is 54.0 Å². The third kappa shape index (κ3) is 7.09. The Morgan fingerprint density at radius 2 is 1.81 bits per heavy atom. The summed E-state index contributed by atoms with van der Waals surface area (Å²) >= 11 is 0. The number of hydrogen-bond acceptors (Lipinski definition) is 11. The topological polar surface area (TPSA) is 198 Å². The van der Waals surface area contributed by atoms with E-state index in [1.54, 1.807) is 20.8 Å². The van der Waals surface area contributed by atoms with Gasteiger partial charge in [0.05, 0.1) is 13.2 Å². The number of nitrogens with two attached hydrogens (primary N) is 1. The second-order valence-corrected chi connectivity index (χ2v) is 7.83. The SMILES string of the molecule is CCCOC(=O)[C@H]1C(n2ccc(N)nc2=O)O[C@@](COC(=O)CCC)(N=[N+]=[N-])[C@H]1C(=O)OCCC.Cl. The van der Waals surface area contributed by atoms with Gasteiger partial charge in [-0.1, -0.05) is 25.9 Å². The Morgan fingerprint density at radius 1 is 1.17 bits per heavy atom. The number of carbonyl (C=O) groups excluding carboxylic acids is 3. The Hall–Kier alpha value is -3.35. The maximum Gasteiger partial charge on any atom is 0.351 e. The minimum absolute atomic E-state index is 0. The van der Waals surface area contributed by atoms with Crippen molar-refractivity contribution in [2.24, 2.45) is 17.0 Å². The molecule has 2 N–H and O–H groups in total. The van der Waals surface area contributed by atoms with Crippen LogP contribution in [0.25, 0.3) is 10.4 Å². The molecule has 1 unspecified atom stereocenters. The fraction of sp³-hybridized carbons (Fsp3) is 0.667. The Bertz CT molecular complexity index is 1030. The van der Waals surface area contributed by atoms with Crippen LogP contribution < -0.4 is 11.4 Å². The maximum absolute atomic E-state index is 13.2. The van der Waals surface area contributed by atoms with Crippen molar-refractivity contribution in [1.82, 2.24) is 9.55 Å². The number of ether oxygens (including phenoxy) is 4. The van der Waals surface area contributed by atoms with Gasteiger partial charge in [-0.3, -0.25) is 19.0 Å². The minimum atomic E-state index is -2.20. The van der Waals surface area contributed by atoms with Crippen LogP contribution in [0, 0.1) is 11.8 Å². The molecule has 1 aromatic rings. The fourth-order valence-corrected chi connectivity index (χ4v) is 3.60. The molecule has 0 spiro atoms. The van der Waals surface area contributed by atoms with Gasteiger partial charge in [0.2, 0.25) is 0 Å². The molecular weight excluding hydrogens is 500 g/mol. The second-order valence-electron chi connectivity index (χ2n) is 7.83. The standard InChI is InChI=1S/C21H30N6O8.ClH/c1-4-7-14(28)34-12-21(25-26-23)16(19(30)33-11-6-3)15(18(29)32-10-5-2)17(35-21)27-9-8-13(22)24-20(27)31;/h8-9,15-17H,4-7,10-12H2,1-3H3,(H2,22,24,31);1H/t15-,16-,17?,21-;/m1./s1. The molecule has 15 heteroatoms. The molecule has 2 heterocycles. The first kappa shape index (κ1) is 30.7. The van der Waals surface area contributed by atoms with Crippen LogP contribution in [-0.4, -0.2) is 53.0 Å². The predicted molar refractivity (Wildman–Crippen MR) is 128 cm³/mol. The molecule has 1 aliphatic heterocycles. The quantitative estimate of drug-likeness (QED) is 0.137. The molecule has 4 atom stereocenters. The van der Waals surface area contributed by atoms with Gasteiger partial charge in [-0.15, -0.1) is 12.4 Å². The first-order valence-electron chi connectivity index (χ1n) is 11.3. The largest absolute Gasteiger partial charge is 0.465 e. The molecular formula is C21H31ClN6O8. The number of nitrogen functional groups attached to an aromatic ring is 1. The van der Waals surface area contributed by atoms with Crippen LogP contribution in [0.3, 0.4) is 0 Å². The highest BCUT2D eigenvalue weighted by Crippen LogP contribution is 2.48. The average Bonchev–Trinajstić information content (AvgIpc) is 3.15. The van der Waals surface area contributed by atoms with Gasteiger partial charge in [0, 0.05) is 17.5 Å². The van der Waals surface area contributed by atoms with E-state index in [2.05, 4.69) is 15.0 Å². The summed E-state index contributed by atoms with van der Waals surface area (Å²) in [6.07, 6.45) is 1.21. The first-order valence-corrected chi connectivity index (χ1v) is 11.3. The predicted octanol–water partition coefficient (Wildman–Crippen LogP) is 2.26. The molecule has 14 nitrogen and oxygen atoms in total. The van der Waals surface area contributed by atoms with Crippen LogP contribution >= 0.6 is 12.4 Å². The number of aromatic nitrogens is 2. The molecule has 0 amide bonds. The van der Waals surface area contributed by atoms with E-state index in [0.29, 0.717) is 19.3 Å². The lowest BCUT2D eigenvalue weighted by Gasteiger charge is -2.28. The maximum atomic E-state index is 13.2. The number of nitrogens with zero attached hydrogens (tertiary/aromatic N) is 5. The summed E-state index contributed by atoms with van der Waals surface area (Å²) in [6.45, 7) is 4.62. The molecule has 200 valence electrons. The highest BCUT2D eigenvalue weighted by atomic mass is 35.5. The molecule has 36 heavy (non-hydrogen) atoms. The van der Waals surface area contributed by atoms with Crippen molar-refractivity contribution in [3.8, 4) is 0 Å². The van der Waals surface area contributed by atoms with Crippen molar-refractivity contribution >= 4 is 36.1 Å². The summed E-state index contributed by atoms with van der Waals surface area (Å²) in [7, 11) is 0. The third-order valence-corrected chi connectivity index (χ3v) is 5.13. The minimum Gasteiger partial charge on any atom is -0.465 e. The van der Waals surface area contributed by atoms with Crippen LogP contribution in [0.15, 0.2) is 22.2 Å². The van der Waals surface area contributed by atoms with Crippen molar-refractivity contribution in [2.75, 3.05) is 25.6 Å². The Morgan fingerprint density at radius 3 is 2.36 bits per heavy atom. The molecule has 0 aromatic carbocycles. The summed E-state index contributed by atoms with van der Waals surface area (Å²) in [4.78, 5) is 57.5. The van der Waals surface area contributed by atoms with E-state index in [-0.39, 0.29) is 37.9 Å². The van der Waals surface area contributed by atoms with Gasteiger partial charge in [-0.2, -0.15) is 4.98 Å². The van der Waals surface area contributed by atoms with Gasteiger partial charge in [-0.25, -0.2) is 4.79 Å². The van der Waals surface area contributed by atoms with Crippen molar-refractivity contribution in [3.05, 3.63) is 33.2 Å². The van der Waals surface area contributed by atoms with Gasteiger partial charge in [-0.05, 0) is 30.9 Å². The normalized spacial score (nSPS) is 22.6. The first-order chi connectivity index (χ1) is 16.7. The lowest BCUT2D eigenvalue weighted by atomic mass is 9.85. The van der Waals surface area contributed by atoms with Crippen molar-refractivity contribution in [1.29, 1.82) is 0 Å². The van der Waals surface area contributed by atoms with Gasteiger partial charge >= 0.3 is 23.6 Å². The zero-order valence-electron chi connectivity index (χ0n) is 20.3. The van der Waals surface area contributed by atoms with Crippen molar-refractivity contribution in [3.63, 3.8) is 0 Å². The van der Waals surface area contributed by atoms with E-state index in [9.17, 15) is 24.7 Å². The summed E-state index contributed by atoms with van der Waals surface area (Å²) in [5.74, 6) is -5.65. The number of esters is 3. The van der Waals surface area contributed by atoms with Crippen molar-refractivity contribution < 1.29 is 33.3 Å². The zero-order chi connectivity index (χ0) is 26.0. The van der Waals surface area contributed by atoms with Crippen LogP contribution in [-0.2, 0) is 33.3 Å². The van der Waals surface area contributed by atoms with E-state index in [1.165, 1.54) is 12.3 Å². The van der Waals surface area contributed by atoms with Gasteiger partial charge in [0.25, 0.3) is 0 Å². The number of rotatable bonds is 12. The molecule has 1 saturated heterocycles. The number of halogens is 1. The van der Waals surface area contributed by atoms with Crippen LogP contribution in [0.2, 0.25) is 0 Å². The Balaban J connectivity index is 0.00000648. The highest BCUT2D eigenvalue weighted by Gasteiger charge is 2.63. The number of carbonyl (C=O) groups is 3. The van der Waals surface area contributed by atoms with Crippen molar-refractivity contribution in [2.45, 2.75) is 58.4 Å². The smallest absolute Gasteiger partial charge is 0.351 e. The summed E-state index contributed by atoms with van der Waals surface area (Å²) in [5.41, 5.74) is 11.8. The molecule has 0 aliphatic carbocycles. The Labute approximate surface area is 213 Å². The number of anilines is 1. The highest BCUT2D eigenvalue weighted by molar-refractivity contribution is 5.85. The molecule has 0 bridgehead atoms. The summed E-state index contributed by atoms with van der Waals surface area (Å²) in [6, 6.07) is 1.29. The van der Waals surface area contributed by atoms with E-state index in [4.69, 9.17) is 24.7 Å². The van der Waals surface area contributed by atoms with Crippen LogP contribution in [0.4, 0.5) is 5.82 Å². The molecule has 0 saturated carbocycles. The monoisotopic (exact) mass is 530 g/mol. The van der Waals surface area contributed by atoms with Gasteiger partial charge in [0.15, 0.2) is 12.0 Å². The number of azide groups is 1. The van der Waals surface area contributed by atoms with Gasteiger partial charge < -0.3 is 24.7 Å². The molecule has 0 radical (unpaired) electrons. The van der Waals surface area contributed by atoms with E-state index in [0.717, 1.165) is 4.57 Å². The van der Waals surface area contributed by atoms with Crippen LogP contribution in [0.5, 0.6) is 0 Å². The van der Waals surface area contributed by atoms with E-state index >= 15 is 0 Å². The van der Waals surface area contributed by atoms with Gasteiger partial charge in [0.1, 0.15) is 24.3 Å². The molecule has 2 rings (SSSR count). The third-order valence-electron chi connectivity index (χ3n) is 5.13. The Kier molecular flexibility index (Phi) is 12.2. The average molecular weight is 531 g/mol. The number of hydrogen-bond donors (Lipinski definition) is 1. The summed E-state index contributed by atoms with van der Waals surface area (Å²) in [5, 5.41) is 3.65. The fourth-order valence-electron chi connectivity index (χ4n) is 3.60. The molecule has 1 aromatic heterocycles. The lowest BCUT2D eigenvalue weighted by Crippen LogP contribution is -2.46. The molecule has 1 fully saturated rings. The summed E-state index contributed by atoms with van der Waals surface area (Å²) < 4.78 is 22.7. The second kappa shape index (κ2) is 14.3. The zero-order valence-corrected chi connectivity index (χ0v) is 21.1.